The summed E-state index contributed by atoms with van der Waals surface area (Å²) in [7, 11) is 4.26. The lowest BCUT2D eigenvalue weighted by Gasteiger charge is -2.41. The summed E-state index contributed by atoms with van der Waals surface area (Å²) < 4.78 is 17.0. The first-order valence-electron chi connectivity index (χ1n) is 9.83. The molecule has 3 rings (SSSR count). The number of guanidine groups is 1. The average Bonchev–Trinajstić information content (AvgIpc) is 2.92. The number of fused-ring (bicyclic) bond motifs is 1. The van der Waals surface area contributed by atoms with Gasteiger partial charge >= 0.3 is 0 Å². The molecule has 2 aliphatic heterocycles. The number of aliphatic imine (C=N–C) groups is 1. The number of ether oxygens (including phenoxy) is 3. The van der Waals surface area contributed by atoms with Crippen molar-refractivity contribution in [3.63, 3.8) is 0 Å². The summed E-state index contributed by atoms with van der Waals surface area (Å²) in [5, 5.41) is 6.74. The molecule has 2 N–H and O–H groups in total. The second-order valence-corrected chi connectivity index (χ2v) is 7.26. The molecule has 2 aliphatic rings. The lowest BCUT2D eigenvalue weighted by molar-refractivity contribution is -0.00251. The molecule has 0 amide bonds. The number of nitrogens with zero attached hydrogens (tertiary/aromatic N) is 2. The van der Waals surface area contributed by atoms with Gasteiger partial charge in [0.05, 0.1) is 19.8 Å². The molecule has 0 saturated carbocycles. The van der Waals surface area contributed by atoms with Gasteiger partial charge in [-0.3, -0.25) is 4.99 Å². The van der Waals surface area contributed by atoms with Crippen LogP contribution < -0.4 is 20.1 Å². The first-order chi connectivity index (χ1) is 13.1. The van der Waals surface area contributed by atoms with E-state index in [-0.39, 0.29) is 5.54 Å². The number of nitrogens with one attached hydrogen (secondary N) is 2. The number of rotatable bonds is 5. The molecule has 0 aromatic heterocycles. The summed E-state index contributed by atoms with van der Waals surface area (Å²) in [5.74, 6) is 2.36. The Morgan fingerprint density at radius 2 is 1.85 bits per heavy atom. The van der Waals surface area contributed by atoms with Crippen LogP contribution >= 0.6 is 0 Å². The maximum absolute atomic E-state index is 5.79. The zero-order chi connectivity index (χ0) is 19.1. The van der Waals surface area contributed by atoms with Crippen molar-refractivity contribution < 1.29 is 14.2 Å². The maximum atomic E-state index is 5.79. The molecule has 27 heavy (non-hydrogen) atoms. The van der Waals surface area contributed by atoms with Gasteiger partial charge in [0.2, 0.25) is 0 Å². The van der Waals surface area contributed by atoms with E-state index in [1.807, 2.05) is 18.2 Å². The Labute approximate surface area is 162 Å². The average molecular weight is 377 g/mol. The Hall–Kier alpha value is -1.99. The molecule has 0 atom stereocenters. The van der Waals surface area contributed by atoms with Crippen LogP contribution in [0.2, 0.25) is 0 Å². The van der Waals surface area contributed by atoms with Crippen molar-refractivity contribution in [1.82, 2.24) is 10.2 Å². The molecule has 1 aromatic rings. The summed E-state index contributed by atoms with van der Waals surface area (Å²) >= 11 is 0. The van der Waals surface area contributed by atoms with Crippen molar-refractivity contribution in [2.24, 2.45) is 4.99 Å². The van der Waals surface area contributed by atoms with E-state index in [1.54, 1.807) is 0 Å². The highest BCUT2D eigenvalue weighted by Crippen LogP contribution is 2.32. The predicted octanol–water partition coefficient (Wildman–Crippen LogP) is 2.34. The molecule has 150 valence electrons. The van der Waals surface area contributed by atoms with Gasteiger partial charge in [0.15, 0.2) is 17.5 Å². The van der Waals surface area contributed by atoms with Gasteiger partial charge in [-0.15, -0.1) is 0 Å². The smallest absolute Gasteiger partial charge is 0.195 e. The normalized spacial score (nSPS) is 19.5. The molecule has 1 fully saturated rings. The van der Waals surface area contributed by atoms with Crippen LogP contribution in [0, 0.1) is 0 Å². The van der Waals surface area contributed by atoms with E-state index in [9.17, 15) is 0 Å². The van der Waals surface area contributed by atoms with Crippen molar-refractivity contribution in [1.29, 1.82) is 0 Å². The highest BCUT2D eigenvalue weighted by Gasteiger charge is 2.34. The molecule has 0 radical (unpaired) electrons. The topological polar surface area (TPSA) is 67.4 Å². The number of anilines is 1. The van der Waals surface area contributed by atoms with Gasteiger partial charge in [-0.25, -0.2) is 0 Å². The Bertz CT molecular complexity index is 642. The van der Waals surface area contributed by atoms with Crippen LogP contribution in [-0.2, 0) is 4.74 Å². The molecular formula is C20H32N4O3. The zero-order valence-electron chi connectivity index (χ0n) is 16.7. The molecular weight excluding hydrogens is 344 g/mol. The van der Waals surface area contributed by atoms with E-state index in [0.717, 1.165) is 68.7 Å². The van der Waals surface area contributed by atoms with E-state index in [2.05, 4.69) is 36.6 Å². The Balaban J connectivity index is 1.73. The quantitative estimate of drug-likeness (QED) is 0.607. The molecule has 0 bridgehead atoms. The van der Waals surface area contributed by atoms with Gasteiger partial charge in [0.1, 0.15) is 0 Å². The molecule has 0 unspecified atom stereocenters. The van der Waals surface area contributed by atoms with Crippen molar-refractivity contribution in [2.45, 2.75) is 31.7 Å². The summed E-state index contributed by atoms with van der Waals surface area (Å²) in [4.78, 5) is 7.17. The Morgan fingerprint density at radius 3 is 2.56 bits per heavy atom. The van der Waals surface area contributed by atoms with Gasteiger partial charge in [-0.05, 0) is 46.0 Å². The van der Waals surface area contributed by atoms with Gasteiger partial charge < -0.3 is 29.7 Å². The first-order valence-corrected chi connectivity index (χ1v) is 9.83. The maximum Gasteiger partial charge on any atom is 0.195 e. The predicted molar refractivity (Wildman–Crippen MR) is 108 cm³/mol. The lowest BCUT2D eigenvalue weighted by atomic mass is 9.89. The third kappa shape index (κ3) is 5.05. The summed E-state index contributed by atoms with van der Waals surface area (Å²) in [6.45, 7) is 6.55. The van der Waals surface area contributed by atoms with Crippen molar-refractivity contribution >= 4 is 11.6 Å². The highest BCUT2D eigenvalue weighted by molar-refractivity contribution is 5.94. The van der Waals surface area contributed by atoms with Gasteiger partial charge in [0.25, 0.3) is 0 Å². The third-order valence-electron chi connectivity index (χ3n) is 5.26. The summed E-state index contributed by atoms with van der Waals surface area (Å²) in [6, 6.07) is 5.92. The van der Waals surface area contributed by atoms with Crippen molar-refractivity contribution in [3.05, 3.63) is 18.2 Å². The zero-order valence-corrected chi connectivity index (χ0v) is 16.7. The Kier molecular flexibility index (Phi) is 6.79. The fourth-order valence-corrected chi connectivity index (χ4v) is 3.41. The monoisotopic (exact) mass is 376 g/mol. The van der Waals surface area contributed by atoms with Crippen LogP contribution in [-0.4, -0.2) is 70.0 Å². The minimum Gasteiger partial charge on any atom is -0.490 e. The van der Waals surface area contributed by atoms with E-state index in [0.29, 0.717) is 13.2 Å². The van der Waals surface area contributed by atoms with Crippen LogP contribution in [0.4, 0.5) is 5.69 Å². The van der Waals surface area contributed by atoms with Gasteiger partial charge in [-0.1, -0.05) is 0 Å². The van der Waals surface area contributed by atoms with Crippen LogP contribution in [0.25, 0.3) is 0 Å². The first kappa shape index (κ1) is 19.8. The fraction of sp³-hybridized carbons (Fsp3) is 0.650. The van der Waals surface area contributed by atoms with Crippen LogP contribution in [0.1, 0.15) is 26.2 Å². The number of benzene rings is 1. The van der Waals surface area contributed by atoms with E-state index in [1.165, 1.54) is 0 Å². The van der Waals surface area contributed by atoms with Gasteiger partial charge in [-0.2, -0.15) is 0 Å². The second-order valence-electron chi connectivity index (χ2n) is 7.26. The molecule has 2 heterocycles. The molecule has 7 nitrogen and oxygen atoms in total. The standard InChI is InChI=1S/C20H32N4O3/c1-4-21-19(22-15-20(24(2)3)8-12-25-13-9-20)23-16-6-7-17-18(14-16)27-11-5-10-26-17/h6-7,14H,4-5,8-13,15H2,1-3H3,(H2,21,22,23). The van der Waals surface area contributed by atoms with Crippen molar-refractivity contribution in [2.75, 3.05) is 58.9 Å². The molecule has 0 spiro atoms. The Morgan fingerprint density at radius 1 is 1.11 bits per heavy atom. The van der Waals surface area contributed by atoms with E-state index >= 15 is 0 Å². The molecule has 7 heteroatoms. The van der Waals surface area contributed by atoms with Crippen LogP contribution in [0.5, 0.6) is 11.5 Å². The lowest BCUT2D eigenvalue weighted by Crippen LogP contribution is -2.51. The largest absolute Gasteiger partial charge is 0.490 e. The number of likely N-dealkylation sites (N-methyl/N-ethyl adjacent to an activating group) is 1. The van der Waals surface area contributed by atoms with Crippen LogP contribution in [0.3, 0.4) is 0 Å². The van der Waals surface area contributed by atoms with Crippen molar-refractivity contribution in [3.8, 4) is 11.5 Å². The minimum absolute atomic E-state index is 0.0469. The molecule has 0 aliphatic carbocycles. The SMILES string of the molecule is CCNC(=NCC1(N(C)C)CCOCC1)Nc1ccc2c(c1)OCCCO2. The highest BCUT2D eigenvalue weighted by atomic mass is 16.5. The van der Waals surface area contributed by atoms with Gasteiger partial charge in [0, 0.05) is 43.5 Å². The minimum atomic E-state index is 0.0469. The van der Waals surface area contributed by atoms with E-state index in [4.69, 9.17) is 19.2 Å². The number of hydrogen-bond donors (Lipinski definition) is 2. The fourth-order valence-electron chi connectivity index (χ4n) is 3.41. The summed E-state index contributed by atoms with van der Waals surface area (Å²) in [5.41, 5.74) is 0.982. The molecule has 1 saturated heterocycles. The third-order valence-corrected chi connectivity index (χ3v) is 5.26. The summed E-state index contributed by atoms with van der Waals surface area (Å²) in [6.07, 6.45) is 2.89. The second kappa shape index (κ2) is 9.28. The number of hydrogen-bond acceptors (Lipinski definition) is 5. The molecule has 1 aromatic carbocycles. The van der Waals surface area contributed by atoms with Crippen LogP contribution in [0.15, 0.2) is 23.2 Å². The van der Waals surface area contributed by atoms with E-state index < -0.39 is 0 Å².